The van der Waals surface area contributed by atoms with Crippen LogP contribution in [0.15, 0.2) is 59.0 Å². The van der Waals surface area contributed by atoms with Crippen LogP contribution in [0.4, 0.5) is 0 Å². The molecule has 0 bridgehead atoms. The van der Waals surface area contributed by atoms with Gasteiger partial charge in [0.1, 0.15) is 5.75 Å². The van der Waals surface area contributed by atoms with Crippen LogP contribution in [0.5, 0.6) is 11.7 Å². The molecule has 1 amide bonds. The zero-order chi connectivity index (χ0) is 25.7. The molecule has 196 valence electrons. The molecule has 5 nitrogen and oxygen atoms in total. The Labute approximate surface area is 229 Å². The Kier molecular flexibility index (Phi) is 8.43. The lowest BCUT2D eigenvalue weighted by molar-refractivity contribution is 0.0920. The topological polar surface area (TPSA) is 54.7 Å². The first kappa shape index (κ1) is 26.1. The Morgan fingerprint density at radius 1 is 0.946 bits per heavy atom. The highest BCUT2D eigenvalue weighted by atomic mass is 35.5. The van der Waals surface area contributed by atoms with Crippen molar-refractivity contribution in [2.24, 2.45) is 0 Å². The molecule has 1 saturated heterocycles. The Hall–Kier alpha value is -2.47. The molecule has 0 unspecified atom stereocenters. The number of carbonyl (C=O) groups excluding carboxylic acids is 1. The molecule has 1 N–H and O–H groups in total. The molecule has 0 radical (unpaired) electrons. The summed E-state index contributed by atoms with van der Waals surface area (Å²) >= 11 is 12.0. The number of nitrogens with zero attached hydrogens (tertiary/aromatic N) is 1. The van der Waals surface area contributed by atoms with Crippen LogP contribution in [0, 0.1) is 0 Å². The van der Waals surface area contributed by atoms with E-state index < -0.39 is 0 Å². The third-order valence-corrected chi connectivity index (χ3v) is 8.26. The zero-order valence-electron chi connectivity index (χ0n) is 21.1. The maximum Gasteiger partial charge on any atom is 0.290 e. The summed E-state index contributed by atoms with van der Waals surface area (Å²) in [7, 11) is 0. The molecule has 37 heavy (non-hydrogen) atoms. The SMILES string of the molecule is O=C(NCCCCCCN1CCC2(CCc3ccccc32)CC1)c1ccc(Oc2cc(Cl)cc(Cl)c2)o1. The highest BCUT2D eigenvalue weighted by Crippen LogP contribution is 2.46. The molecule has 2 heterocycles. The van der Waals surface area contributed by atoms with E-state index in [2.05, 4.69) is 34.5 Å². The van der Waals surface area contributed by atoms with Crippen molar-refractivity contribution in [1.29, 1.82) is 0 Å². The van der Waals surface area contributed by atoms with Crippen molar-refractivity contribution in [2.75, 3.05) is 26.2 Å². The van der Waals surface area contributed by atoms with Gasteiger partial charge in [-0.05, 0) is 99.0 Å². The van der Waals surface area contributed by atoms with Crippen LogP contribution >= 0.6 is 23.2 Å². The fraction of sp³-hybridized carbons (Fsp3) is 0.433. The normalized spacial score (nSPS) is 16.6. The molecule has 1 aromatic heterocycles. The Balaban J connectivity index is 0.949. The molecule has 5 rings (SSSR count). The predicted molar refractivity (Wildman–Crippen MR) is 148 cm³/mol. The number of benzene rings is 2. The van der Waals surface area contributed by atoms with E-state index in [4.69, 9.17) is 32.4 Å². The van der Waals surface area contributed by atoms with Crippen LogP contribution in [0.3, 0.4) is 0 Å². The van der Waals surface area contributed by atoms with Gasteiger partial charge in [-0.2, -0.15) is 0 Å². The summed E-state index contributed by atoms with van der Waals surface area (Å²) in [4.78, 5) is 15.0. The molecular formula is C30H34Cl2N2O3. The smallest absolute Gasteiger partial charge is 0.290 e. The van der Waals surface area contributed by atoms with E-state index >= 15 is 0 Å². The van der Waals surface area contributed by atoms with Crippen LogP contribution in [0.25, 0.3) is 0 Å². The van der Waals surface area contributed by atoms with Crippen molar-refractivity contribution >= 4 is 29.1 Å². The van der Waals surface area contributed by atoms with Crippen molar-refractivity contribution in [3.05, 3.63) is 81.5 Å². The van der Waals surface area contributed by atoms with Gasteiger partial charge in [0.2, 0.25) is 0 Å². The minimum atomic E-state index is -0.241. The maximum atomic E-state index is 12.4. The van der Waals surface area contributed by atoms with Crippen LogP contribution in [0.1, 0.15) is 66.6 Å². The number of furan rings is 1. The molecule has 0 saturated carbocycles. The second-order valence-electron chi connectivity index (χ2n) is 10.3. The van der Waals surface area contributed by atoms with E-state index in [1.165, 1.54) is 58.2 Å². The van der Waals surface area contributed by atoms with E-state index in [0.717, 1.165) is 12.8 Å². The first-order valence-corrected chi connectivity index (χ1v) is 14.1. The fourth-order valence-corrected chi connectivity index (χ4v) is 6.30. The van der Waals surface area contributed by atoms with Crippen molar-refractivity contribution in [3.63, 3.8) is 0 Å². The van der Waals surface area contributed by atoms with Gasteiger partial charge in [0.15, 0.2) is 5.76 Å². The average Bonchev–Trinajstić information content (AvgIpc) is 3.49. The van der Waals surface area contributed by atoms with Gasteiger partial charge < -0.3 is 19.4 Å². The number of hydrogen-bond donors (Lipinski definition) is 1. The molecule has 7 heteroatoms. The van der Waals surface area contributed by atoms with Crippen LogP contribution in [0.2, 0.25) is 10.0 Å². The van der Waals surface area contributed by atoms with Gasteiger partial charge in [-0.15, -0.1) is 0 Å². The molecule has 1 aliphatic carbocycles. The number of amides is 1. The standard InChI is InChI=1S/C30H34Cl2N2O3/c31-23-19-24(32)21-25(20-23)36-28-10-9-27(37-28)29(35)33-15-5-1-2-6-16-34-17-13-30(14-18-34)12-11-22-7-3-4-8-26(22)30/h3-4,7-10,19-21H,1-2,5-6,11-18H2,(H,33,35). The van der Waals surface area contributed by atoms with Gasteiger partial charge in [-0.1, -0.05) is 60.3 Å². The van der Waals surface area contributed by atoms with Gasteiger partial charge in [-0.25, -0.2) is 0 Å². The fourth-order valence-electron chi connectivity index (χ4n) is 5.79. The third kappa shape index (κ3) is 6.51. The van der Waals surface area contributed by atoms with Crippen molar-refractivity contribution in [2.45, 2.75) is 56.8 Å². The lowest BCUT2D eigenvalue weighted by Crippen LogP contribution is -2.41. The van der Waals surface area contributed by atoms with E-state index in [-0.39, 0.29) is 17.6 Å². The monoisotopic (exact) mass is 540 g/mol. The first-order valence-electron chi connectivity index (χ1n) is 13.3. The minimum Gasteiger partial charge on any atom is -0.426 e. The predicted octanol–water partition coefficient (Wildman–Crippen LogP) is 7.65. The Bertz CT molecular complexity index is 1200. The number of aryl methyl sites for hydroxylation is 1. The lowest BCUT2D eigenvalue weighted by atomic mass is 9.74. The number of fused-ring (bicyclic) bond motifs is 2. The zero-order valence-corrected chi connectivity index (χ0v) is 22.6. The van der Waals surface area contributed by atoms with Crippen LogP contribution in [-0.4, -0.2) is 37.0 Å². The largest absolute Gasteiger partial charge is 0.426 e. The molecule has 1 fully saturated rings. The molecule has 0 atom stereocenters. The molecule has 2 aromatic carbocycles. The number of nitrogens with one attached hydrogen (secondary N) is 1. The van der Waals surface area contributed by atoms with Gasteiger partial charge in [0.25, 0.3) is 11.9 Å². The highest BCUT2D eigenvalue weighted by Gasteiger charge is 2.40. The summed E-state index contributed by atoms with van der Waals surface area (Å²) in [5.41, 5.74) is 3.64. The molecule has 1 spiro atoms. The second-order valence-corrected chi connectivity index (χ2v) is 11.1. The van der Waals surface area contributed by atoms with Gasteiger partial charge in [0, 0.05) is 22.7 Å². The van der Waals surface area contributed by atoms with Gasteiger partial charge in [-0.3, -0.25) is 4.79 Å². The summed E-state index contributed by atoms with van der Waals surface area (Å²) in [5, 5.41) is 3.86. The van der Waals surface area contributed by atoms with Crippen molar-refractivity contribution in [1.82, 2.24) is 10.2 Å². The minimum absolute atomic E-state index is 0.212. The number of likely N-dealkylation sites (tertiary alicyclic amines) is 1. The van der Waals surface area contributed by atoms with Crippen LogP contribution < -0.4 is 10.1 Å². The number of halogens is 2. The number of ether oxygens (including phenoxy) is 1. The number of hydrogen-bond acceptors (Lipinski definition) is 4. The summed E-state index contributed by atoms with van der Waals surface area (Å²) in [6.45, 7) is 4.23. The van der Waals surface area contributed by atoms with E-state index in [9.17, 15) is 4.79 Å². The van der Waals surface area contributed by atoms with Gasteiger partial charge >= 0.3 is 0 Å². The molecule has 3 aromatic rings. The average molecular weight is 542 g/mol. The van der Waals surface area contributed by atoms with Crippen molar-refractivity contribution in [3.8, 4) is 11.7 Å². The van der Waals surface area contributed by atoms with Crippen LogP contribution in [-0.2, 0) is 11.8 Å². The second kappa shape index (κ2) is 11.9. The summed E-state index contributed by atoms with van der Waals surface area (Å²) in [5.74, 6) is 0.640. The first-order chi connectivity index (χ1) is 18.0. The molecule has 1 aliphatic heterocycles. The highest BCUT2D eigenvalue weighted by molar-refractivity contribution is 6.34. The Morgan fingerprint density at radius 3 is 2.51 bits per heavy atom. The molecule has 2 aliphatic rings. The number of unbranched alkanes of at least 4 members (excludes halogenated alkanes) is 3. The summed E-state index contributed by atoms with van der Waals surface area (Å²) in [6.07, 6.45) is 9.62. The lowest BCUT2D eigenvalue weighted by Gasteiger charge is -2.40. The Morgan fingerprint density at radius 2 is 1.70 bits per heavy atom. The van der Waals surface area contributed by atoms with Gasteiger partial charge in [0.05, 0.1) is 0 Å². The summed E-state index contributed by atoms with van der Waals surface area (Å²) < 4.78 is 11.1. The number of piperidine rings is 1. The van der Waals surface area contributed by atoms with Crippen molar-refractivity contribution < 1.29 is 13.9 Å². The number of carbonyl (C=O) groups is 1. The molecular weight excluding hydrogens is 507 g/mol. The quantitative estimate of drug-likeness (QED) is 0.268. The summed E-state index contributed by atoms with van der Waals surface area (Å²) in [6, 6.07) is 17.2. The van der Waals surface area contributed by atoms with E-state index in [0.29, 0.717) is 27.8 Å². The number of rotatable bonds is 10. The third-order valence-electron chi connectivity index (χ3n) is 7.82. The maximum absolute atomic E-state index is 12.4. The van der Waals surface area contributed by atoms with E-state index in [1.54, 1.807) is 41.5 Å². The van der Waals surface area contributed by atoms with E-state index in [1.807, 2.05) is 0 Å².